The number of aliphatic carboxylic acids is 1. The Hall–Kier alpha value is -4.10. The van der Waals surface area contributed by atoms with E-state index >= 15 is 0 Å². The minimum absolute atomic E-state index is 0.118. The van der Waals surface area contributed by atoms with Crippen LogP contribution in [0.2, 0.25) is 0 Å². The zero-order valence-electron chi connectivity index (χ0n) is 23.5. The number of nitrogens with one attached hydrogen (secondary N) is 2. The molecule has 1 fully saturated rings. The van der Waals surface area contributed by atoms with Crippen LogP contribution in [0.25, 0.3) is 0 Å². The smallest absolute Gasteiger partial charge is 0.322 e. The molecule has 2 aromatic rings. The van der Waals surface area contributed by atoms with Gasteiger partial charge in [-0.3, -0.25) is 9.59 Å². The van der Waals surface area contributed by atoms with Crippen LogP contribution >= 0.6 is 0 Å². The summed E-state index contributed by atoms with van der Waals surface area (Å²) in [4.78, 5) is 26.0. The van der Waals surface area contributed by atoms with E-state index in [2.05, 4.69) is 26.8 Å². The number of hydrogen-bond donors (Lipinski definition) is 3. The summed E-state index contributed by atoms with van der Waals surface area (Å²) in [5.74, 6) is 4.55. The van der Waals surface area contributed by atoms with E-state index < -0.39 is 28.1 Å². The molecule has 1 atom stereocenters. The van der Waals surface area contributed by atoms with E-state index in [4.69, 9.17) is 10.00 Å². The molecule has 11 nitrogen and oxygen atoms in total. The topological polar surface area (TPSA) is 152 Å². The molecular weight excluding hydrogens is 546 g/mol. The number of benzene rings is 2. The number of piperazine rings is 1. The van der Waals surface area contributed by atoms with Crippen LogP contribution in [0.1, 0.15) is 49.2 Å². The van der Waals surface area contributed by atoms with E-state index in [-0.39, 0.29) is 31.7 Å². The summed E-state index contributed by atoms with van der Waals surface area (Å²) in [6.45, 7) is 8.26. The molecule has 1 heterocycles. The number of nitrogens with zero attached hydrogens (tertiary/aromatic N) is 3. The molecule has 0 aliphatic carbocycles. The van der Waals surface area contributed by atoms with Crippen molar-refractivity contribution in [1.82, 2.24) is 14.3 Å². The fourth-order valence-electron chi connectivity index (χ4n) is 4.15. The van der Waals surface area contributed by atoms with Crippen LogP contribution in [-0.4, -0.2) is 74.6 Å². The average Bonchev–Trinajstić information content (AvgIpc) is 2.94. The number of anilines is 1. The van der Waals surface area contributed by atoms with E-state index in [1.54, 1.807) is 32.0 Å². The average molecular weight is 582 g/mol. The number of carboxylic acids is 1. The quantitative estimate of drug-likeness (QED) is 0.285. The van der Waals surface area contributed by atoms with Crippen molar-refractivity contribution in [2.45, 2.75) is 39.8 Å². The SMILES string of the molecule is CC(C)Oc1ccc(C#Cc2ccc(N3CCN(S(=O)(=O)N[C@@H](C(=O)O)C(C)C)CC3)cc2)cc1C(=O)NCC#N. The van der Waals surface area contributed by atoms with Crippen molar-refractivity contribution in [3.05, 3.63) is 59.2 Å². The van der Waals surface area contributed by atoms with Crippen molar-refractivity contribution in [3.63, 3.8) is 0 Å². The maximum atomic E-state index is 12.7. The number of carboxylic acid groups (broad SMARTS) is 1. The number of ether oxygens (including phenoxy) is 1. The fourth-order valence-corrected chi connectivity index (χ4v) is 5.64. The van der Waals surface area contributed by atoms with Crippen molar-refractivity contribution >= 4 is 27.8 Å². The lowest BCUT2D eigenvalue weighted by molar-refractivity contribution is -0.140. The van der Waals surface area contributed by atoms with E-state index in [0.717, 1.165) is 11.3 Å². The Morgan fingerprint density at radius 3 is 2.17 bits per heavy atom. The van der Waals surface area contributed by atoms with E-state index in [0.29, 0.717) is 30.0 Å². The lowest BCUT2D eigenvalue weighted by Crippen LogP contribution is -2.55. The van der Waals surface area contributed by atoms with Crippen molar-refractivity contribution in [2.75, 3.05) is 37.6 Å². The largest absolute Gasteiger partial charge is 0.490 e. The summed E-state index contributed by atoms with van der Waals surface area (Å²) in [6, 6.07) is 13.3. The molecule has 1 saturated heterocycles. The van der Waals surface area contributed by atoms with Crippen LogP contribution in [0.15, 0.2) is 42.5 Å². The molecule has 12 heteroatoms. The normalized spacial score (nSPS) is 14.6. The molecule has 0 unspecified atom stereocenters. The zero-order valence-corrected chi connectivity index (χ0v) is 24.4. The molecule has 0 aromatic heterocycles. The maximum Gasteiger partial charge on any atom is 0.322 e. The van der Waals surface area contributed by atoms with Gasteiger partial charge in [0.2, 0.25) is 0 Å². The highest BCUT2D eigenvalue weighted by molar-refractivity contribution is 7.87. The van der Waals surface area contributed by atoms with Gasteiger partial charge in [0.1, 0.15) is 18.3 Å². The highest BCUT2D eigenvalue weighted by Gasteiger charge is 2.33. The highest BCUT2D eigenvalue weighted by Crippen LogP contribution is 2.22. The van der Waals surface area contributed by atoms with E-state index in [1.165, 1.54) is 4.31 Å². The Bertz CT molecular complexity index is 1450. The number of rotatable bonds is 10. The van der Waals surface area contributed by atoms with Gasteiger partial charge >= 0.3 is 5.97 Å². The molecule has 0 spiro atoms. The number of nitriles is 1. The minimum Gasteiger partial charge on any atom is -0.490 e. The van der Waals surface area contributed by atoms with Gasteiger partial charge in [0.25, 0.3) is 16.1 Å². The van der Waals surface area contributed by atoms with E-state index in [1.807, 2.05) is 44.2 Å². The van der Waals surface area contributed by atoms with Gasteiger partial charge in [0, 0.05) is 43.0 Å². The predicted molar refractivity (Wildman–Crippen MR) is 155 cm³/mol. The van der Waals surface area contributed by atoms with Crippen LogP contribution in [0, 0.1) is 29.1 Å². The third kappa shape index (κ3) is 8.69. The van der Waals surface area contributed by atoms with Crippen molar-refractivity contribution < 1.29 is 27.9 Å². The van der Waals surface area contributed by atoms with Gasteiger partial charge in [-0.2, -0.15) is 22.7 Å². The van der Waals surface area contributed by atoms with Gasteiger partial charge in [0.05, 0.1) is 17.7 Å². The number of hydrogen-bond acceptors (Lipinski definition) is 7. The van der Waals surface area contributed by atoms with Crippen LogP contribution < -0.4 is 19.7 Å². The van der Waals surface area contributed by atoms with Gasteiger partial charge in [-0.1, -0.05) is 25.7 Å². The summed E-state index contributed by atoms with van der Waals surface area (Å²) in [5.41, 5.74) is 2.58. The molecule has 3 rings (SSSR count). The Labute approximate surface area is 241 Å². The monoisotopic (exact) mass is 581 g/mol. The van der Waals surface area contributed by atoms with Gasteiger partial charge in [0.15, 0.2) is 0 Å². The molecule has 3 N–H and O–H groups in total. The molecule has 0 radical (unpaired) electrons. The van der Waals surface area contributed by atoms with Crippen LogP contribution in [0.4, 0.5) is 5.69 Å². The molecule has 0 bridgehead atoms. The summed E-state index contributed by atoms with van der Waals surface area (Å²) in [5, 5.41) is 20.6. The van der Waals surface area contributed by atoms with Crippen LogP contribution in [0.5, 0.6) is 5.75 Å². The summed E-state index contributed by atoms with van der Waals surface area (Å²) >= 11 is 0. The maximum absolute atomic E-state index is 12.7. The number of carbonyl (C=O) groups is 2. The van der Waals surface area contributed by atoms with Crippen molar-refractivity contribution in [3.8, 4) is 23.7 Å². The van der Waals surface area contributed by atoms with E-state index in [9.17, 15) is 23.1 Å². The van der Waals surface area contributed by atoms with Crippen LogP contribution in [-0.2, 0) is 15.0 Å². The Morgan fingerprint density at radius 1 is 1.00 bits per heavy atom. The molecule has 41 heavy (non-hydrogen) atoms. The van der Waals surface area contributed by atoms with Gasteiger partial charge in [-0.05, 0) is 62.2 Å². The summed E-state index contributed by atoms with van der Waals surface area (Å²) in [6.07, 6.45) is -0.133. The fraction of sp³-hybridized carbons (Fsp3) is 0.414. The lowest BCUT2D eigenvalue weighted by atomic mass is 10.1. The first kappa shape index (κ1) is 31.4. The second kappa shape index (κ2) is 14.0. The molecule has 1 aliphatic heterocycles. The first-order chi connectivity index (χ1) is 19.4. The van der Waals surface area contributed by atoms with Gasteiger partial charge in [-0.15, -0.1) is 0 Å². The van der Waals surface area contributed by atoms with Crippen molar-refractivity contribution in [2.24, 2.45) is 5.92 Å². The zero-order chi connectivity index (χ0) is 30.2. The standard InChI is InChI=1S/C29H35N5O6S/c1-20(2)27(29(36)37)32-41(38,39)34-17-15-33(16-18-34)24-10-7-22(8-11-24)5-6-23-9-12-26(40-21(3)4)25(19-23)28(35)31-14-13-30/h7-12,19-21,27,32H,14-18H2,1-4H3,(H,31,35)(H,36,37)/t27-/m1/s1. The van der Waals surface area contributed by atoms with Crippen LogP contribution in [0.3, 0.4) is 0 Å². The first-order valence-corrected chi connectivity index (χ1v) is 14.7. The van der Waals surface area contributed by atoms with Gasteiger partial charge in [-0.25, -0.2) is 0 Å². The third-order valence-corrected chi connectivity index (χ3v) is 7.88. The lowest BCUT2D eigenvalue weighted by Gasteiger charge is -2.36. The van der Waals surface area contributed by atoms with Gasteiger partial charge < -0.3 is 20.1 Å². The Balaban J connectivity index is 1.66. The van der Waals surface area contributed by atoms with Crippen molar-refractivity contribution in [1.29, 1.82) is 5.26 Å². The number of carbonyl (C=O) groups excluding carboxylic acids is 1. The molecule has 218 valence electrons. The second-order valence-corrected chi connectivity index (χ2v) is 11.8. The first-order valence-electron chi connectivity index (χ1n) is 13.2. The molecular formula is C29H35N5O6S. The molecule has 1 amide bonds. The molecule has 2 aromatic carbocycles. The third-order valence-electron chi connectivity index (χ3n) is 6.29. The summed E-state index contributed by atoms with van der Waals surface area (Å²) < 4.78 is 34.8. The number of amides is 1. The molecule has 0 saturated carbocycles. The predicted octanol–water partition coefficient (Wildman–Crippen LogP) is 2.19. The minimum atomic E-state index is -3.93. The highest BCUT2D eigenvalue weighted by atomic mass is 32.2. The second-order valence-electron chi connectivity index (χ2n) is 10.1. The Kier molecular flexibility index (Phi) is 10.7. The Morgan fingerprint density at radius 2 is 1.61 bits per heavy atom. The molecule has 1 aliphatic rings. The summed E-state index contributed by atoms with van der Waals surface area (Å²) in [7, 11) is -3.93.